The van der Waals surface area contributed by atoms with Gasteiger partial charge in [0.05, 0.1) is 5.60 Å². The van der Waals surface area contributed by atoms with Crippen LogP contribution in [0.2, 0.25) is 0 Å². The predicted octanol–water partition coefficient (Wildman–Crippen LogP) is 1.09. The number of aliphatic hydroxyl groups is 1. The summed E-state index contributed by atoms with van der Waals surface area (Å²) in [7, 11) is 0. The highest BCUT2D eigenvalue weighted by Crippen LogP contribution is 2.25. The molecule has 0 saturated heterocycles. The molecule has 0 saturated carbocycles. The van der Waals surface area contributed by atoms with Gasteiger partial charge >= 0.3 is 0 Å². The van der Waals surface area contributed by atoms with E-state index in [4.69, 9.17) is 5.11 Å². The predicted molar refractivity (Wildman–Crippen MR) is 29.0 cm³/mol. The monoisotopic (exact) mass is 98.1 g/mol. The van der Waals surface area contributed by atoms with Crippen molar-refractivity contribution < 1.29 is 5.11 Å². The Kier molecular flexibility index (Phi) is 0.927. The molecule has 0 aromatic heterocycles. The van der Waals surface area contributed by atoms with Gasteiger partial charge in [0.25, 0.3) is 0 Å². The van der Waals surface area contributed by atoms with Crippen molar-refractivity contribution in [2.24, 2.45) is 0 Å². The molecule has 0 amide bonds. The summed E-state index contributed by atoms with van der Waals surface area (Å²) < 4.78 is 0. The fourth-order valence-electron chi connectivity index (χ4n) is 0.652. The normalized spacial score (nSPS) is 38.0. The van der Waals surface area contributed by atoms with Crippen LogP contribution in [0, 0.1) is 0 Å². The molecule has 0 fully saturated rings. The van der Waals surface area contributed by atoms with Crippen LogP contribution in [-0.2, 0) is 0 Å². The van der Waals surface area contributed by atoms with Crippen LogP contribution < -0.4 is 0 Å². The molecule has 7 heavy (non-hydrogen) atoms. The van der Waals surface area contributed by atoms with Gasteiger partial charge in [-0.1, -0.05) is 19.1 Å². The largest absolute Gasteiger partial charge is 0.385 e. The van der Waals surface area contributed by atoms with Gasteiger partial charge in [-0.15, -0.1) is 0 Å². The average molecular weight is 98.1 g/mol. The minimum absolute atomic E-state index is 0.417. The van der Waals surface area contributed by atoms with Gasteiger partial charge in [-0.2, -0.15) is 0 Å². The third kappa shape index (κ3) is 0.682. The van der Waals surface area contributed by atoms with Crippen molar-refractivity contribution in [2.45, 2.75) is 25.4 Å². The quantitative estimate of drug-likeness (QED) is 0.487. The molecule has 1 aliphatic carbocycles. The van der Waals surface area contributed by atoms with E-state index >= 15 is 0 Å². The summed E-state index contributed by atoms with van der Waals surface area (Å²) in [6, 6.07) is 0. The average Bonchev–Trinajstić information content (AvgIpc) is 1.61. The van der Waals surface area contributed by atoms with Crippen LogP contribution in [0.4, 0.5) is 0 Å². The molecule has 0 spiro atoms. The molecule has 1 N–H and O–H groups in total. The van der Waals surface area contributed by atoms with Crippen LogP contribution in [0.15, 0.2) is 12.2 Å². The Morgan fingerprint density at radius 3 is 2.43 bits per heavy atom. The number of hydrogen-bond donors (Lipinski definition) is 1. The molecule has 0 heterocycles. The molecular weight excluding hydrogens is 88.1 g/mol. The van der Waals surface area contributed by atoms with Crippen molar-refractivity contribution in [3.05, 3.63) is 12.2 Å². The van der Waals surface area contributed by atoms with Crippen LogP contribution >= 0.6 is 0 Å². The van der Waals surface area contributed by atoms with Crippen LogP contribution in [0.5, 0.6) is 0 Å². The summed E-state index contributed by atoms with van der Waals surface area (Å²) in [6.45, 7) is 1.99. The van der Waals surface area contributed by atoms with E-state index in [0.717, 1.165) is 12.8 Å². The van der Waals surface area contributed by atoms with E-state index in [9.17, 15) is 0 Å². The van der Waals surface area contributed by atoms with E-state index in [-0.39, 0.29) is 0 Å². The molecule has 0 aliphatic heterocycles. The second kappa shape index (κ2) is 1.34. The van der Waals surface area contributed by atoms with Crippen molar-refractivity contribution in [1.82, 2.24) is 0 Å². The Bertz CT molecular complexity index is 96.4. The first kappa shape index (κ1) is 4.85. The zero-order valence-corrected chi connectivity index (χ0v) is 4.52. The lowest BCUT2D eigenvalue weighted by atomic mass is 9.87. The van der Waals surface area contributed by atoms with Gasteiger partial charge in [0, 0.05) is 0 Å². The van der Waals surface area contributed by atoms with Gasteiger partial charge in [-0.25, -0.2) is 0 Å². The summed E-state index contributed by atoms with van der Waals surface area (Å²) in [4.78, 5) is 0. The van der Waals surface area contributed by atoms with Gasteiger partial charge < -0.3 is 5.11 Å². The Hall–Kier alpha value is -0.300. The van der Waals surface area contributed by atoms with Crippen molar-refractivity contribution in [3.63, 3.8) is 0 Å². The maximum absolute atomic E-state index is 9.13. The number of rotatable bonds is 1. The van der Waals surface area contributed by atoms with Gasteiger partial charge in [0.15, 0.2) is 0 Å². The minimum Gasteiger partial charge on any atom is -0.385 e. The van der Waals surface area contributed by atoms with Crippen LogP contribution in [-0.4, -0.2) is 10.7 Å². The zero-order valence-electron chi connectivity index (χ0n) is 4.52. The highest BCUT2D eigenvalue weighted by atomic mass is 16.3. The molecule has 0 aromatic carbocycles. The Morgan fingerprint density at radius 2 is 2.43 bits per heavy atom. The summed E-state index contributed by atoms with van der Waals surface area (Å²) in [5, 5.41) is 9.13. The van der Waals surface area contributed by atoms with Crippen molar-refractivity contribution in [1.29, 1.82) is 0 Å². The Morgan fingerprint density at radius 1 is 1.86 bits per heavy atom. The second-order valence-electron chi connectivity index (χ2n) is 2.06. The molecule has 0 radical (unpaired) electrons. The standard InChI is InChI=1S/C6H10O/c1-2-6(7)4-3-5-6/h3-4,7H,2,5H2,1H3. The van der Waals surface area contributed by atoms with E-state index in [1.165, 1.54) is 0 Å². The molecule has 40 valence electrons. The van der Waals surface area contributed by atoms with Gasteiger partial charge in [-0.05, 0) is 12.8 Å². The molecule has 1 unspecified atom stereocenters. The van der Waals surface area contributed by atoms with Gasteiger partial charge in [0.1, 0.15) is 0 Å². The Labute approximate surface area is 43.7 Å². The molecule has 1 nitrogen and oxygen atoms in total. The molecular formula is C6H10O. The fraction of sp³-hybridized carbons (Fsp3) is 0.667. The minimum atomic E-state index is -0.417. The first-order valence-electron chi connectivity index (χ1n) is 2.67. The maximum Gasteiger partial charge on any atom is 0.0859 e. The van der Waals surface area contributed by atoms with E-state index in [2.05, 4.69) is 0 Å². The first-order valence-corrected chi connectivity index (χ1v) is 2.67. The lowest BCUT2D eigenvalue weighted by Crippen LogP contribution is -2.29. The van der Waals surface area contributed by atoms with Crippen molar-refractivity contribution in [2.75, 3.05) is 0 Å². The van der Waals surface area contributed by atoms with Crippen LogP contribution in [0.3, 0.4) is 0 Å². The fourth-order valence-corrected chi connectivity index (χ4v) is 0.652. The summed E-state index contributed by atoms with van der Waals surface area (Å²) in [5.74, 6) is 0. The summed E-state index contributed by atoms with van der Waals surface area (Å²) in [6.07, 6.45) is 5.55. The molecule has 1 rings (SSSR count). The molecule has 1 atom stereocenters. The third-order valence-electron chi connectivity index (χ3n) is 1.51. The zero-order chi connectivity index (χ0) is 5.33. The van der Waals surface area contributed by atoms with Gasteiger partial charge in [-0.3, -0.25) is 0 Å². The lowest BCUT2D eigenvalue weighted by Gasteiger charge is -2.27. The highest BCUT2D eigenvalue weighted by Gasteiger charge is 2.24. The smallest absolute Gasteiger partial charge is 0.0859 e. The lowest BCUT2D eigenvalue weighted by molar-refractivity contribution is 0.0731. The van der Waals surface area contributed by atoms with Crippen molar-refractivity contribution >= 4 is 0 Å². The Balaban J connectivity index is 2.47. The van der Waals surface area contributed by atoms with Crippen molar-refractivity contribution in [3.8, 4) is 0 Å². The molecule has 0 aromatic rings. The third-order valence-corrected chi connectivity index (χ3v) is 1.51. The summed E-state index contributed by atoms with van der Waals surface area (Å²) in [5.41, 5.74) is -0.417. The number of hydrogen-bond acceptors (Lipinski definition) is 1. The van der Waals surface area contributed by atoms with Crippen LogP contribution in [0.1, 0.15) is 19.8 Å². The SMILES string of the molecule is CCC1(O)C=CC1. The summed E-state index contributed by atoms with van der Waals surface area (Å²) >= 11 is 0. The molecule has 1 heteroatoms. The first-order chi connectivity index (χ1) is 3.27. The molecule has 1 aliphatic rings. The topological polar surface area (TPSA) is 20.2 Å². The second-order valence-corrected chi connectivity index (χ2v) is 2.06. The maximum atomic E-state index is 9.13. The van der Waals surface area contributed by atoms with Crippen LogP contribution in [0.25, 0.3) is 0 Å². The van der Waals surface area contributed by atoms with E-state index < -0.39 is 5.60 Å². The van der Waals surface area contributed by atoms with E-state index in [0.29, 0.717) is 0 Å². The van der Waals surface area contributed by atoms with E-state index in [1.54, 1.807) is 0 Å². The van der Waals surface area contributed by atoms with Gasteiger partial charge in [0.2, 0.25) is 0 Å². The molecule has 0 bridgehead atoms. The van der Waals surface area contributed by atoms with E-state index in [1.807, 2.05) is 19.1 Å². The highest BCUT2D eigenvalue weighted by molar-refractivity contribution is 5.13.